The van der Waals surface area contributed by atoms with Gasteiger partial charge in [-0.15, -0.1) is 0 Å². The number of pyridine rings is 1. The molecule has 0 saturated heterocycles. The van der Waals surface area contributed by atoms with Crippen molar-refractivity contribution in [1.29, 1.82) is 0 Å². The van der Waals surface area contributed by atoms with E-state index in [1.807, 2.05) is 73.6 Å². The Balaban J connectivity index is 1.88. The number of carbonyl (C=O) groups is 1. The number of hydrogen-bond acceptors (Lipinski definition) is 3. The lowest BCUT2D eigenvalue weighted by atomic mass is 10.0. The molecule has 0 spiro atoms. The van der Waals surface area contributed by atoms with Crippen molar-refractivity contribution < 1.29 is 4.79 Å². The summed E-state index contributed by atoms with van der Waals surface area (Å²) < 4.78 is 0. The van der Waals surface area contributed by atoms with E-state index in [9.17, 15) is 4.79 Å². The molecule has 24 heavy (non-hydrogen) atoms. The SMILES string of the molecule is CN(C)CCNC(=O)C1=C/C(=C/c2ccccn2)c2ccccc21. The summed E-state index contributed by atoms with van der Waals surface area (Å²) in [5, 5.41) is 2.99. The molecule has 4 heteroatoms. The lowest BCUT2D eigenvalue weighted by Crippen LogP contribution is -2.31. The van der Waals surface area contributed by atoms with Crippen molar-refractivity contribution in [1.82, 2.24) is 15.2 Å². The maximum Gasteiger partial charge on any atom is 0.251 e. The molecular weight excluding hydrogens is 298 g/mol. The van der Waals surface area contributed by atoms with Gasteiger partial charge in [-0.1, -0.05) is 30.3 Å². The second kappa shape index (κ2) is 7.23. The van der Waals surface area contributed by atoms with Gasteiger partial charge in [0, 0.05) is 24.9 Å². The highest BCUT2D eigenvalue weighted by atomic mass is 16.1. The molecule has 1 aliphatic rings. The summed E-state index contributed by atoms with van der Waals surface area (Å²) in [6, 6.07) is 13.8. The summed E-state index contributed by atoms with van der Waals surface area (Å²) in [5.74, 6) is -0.0336. The van der Waals surface area contributed by atoms with E-state index in [0.717, 1.165) is 28.9 Å². The fourth-order valence-electron chi connectivity index (χ4n) is 2.70. The molecular formula is C20H21N3O. The average Bonchev–Trinajstić information content (AvgIpc) is 2.94. The van der Waals surface area contributed by atoms with Gasteiger partial charge in [0.05, 0.1) is 5.69 Å². The minimum Gasteiger partial charge on any atom is -0.351 e. The van der Waals surface area contributed by atoms with Gasteiger partial charge < -0.3 is 10.2 Å². The minimum atomic E-state index is -0.0336. The first-order valence-corrected chi connectivity index (χ1v) is 8.02. The van der Waals surface area contributed by atoms with Crippen molar-refractivity contribution in [3.8, 4) is 0 Å². The van der Waals surface area contributed by atoms with Gasteiger partial charge in [0.1, 0.15) is 0 Å². The maximum atomic E-state index is 12.5. The fraction of sp³-hybridized carbons (Fsp3) is 0.200. The Kier molecular flexibility index (Phi) is 4.87. The number of nitrogens with zero attached hydrogens (tertiary/aromatic N) is 2. The topological polar surface area (TPSA) is 45.2 Å². The smallest absolute Gasteiger partial charge is 0.251 e. The predicted octanol–water partition coefficient (Wildman–Crippen LogP) is 2.70. The summed E-state index contributed by atoms with van der Waals surface area (Å²) >= 11 is 0. The Morgan fingerprint density at radius 3 is 2.58 bits per heavy atom. The Hall–Kier alpha value is -2.72. The van der Waals surface area contributed by atoms with E-state index in [4.69, 9.17) is 0 Å². The molecule has 3 rings (SSSR count). The van der Waals surface area contributed by atoms with Crippen molar-refractivity contribution in [3.05, 3.63) is 71.6 Å². The van der Waals surface area contributed by atoms with E-state index >= 15 is 0 Å². The molecule has 0 radical (unpaired) electrons. The van der Waals surface area contributed by atoms with Gasteiger partial charge in [-0.3, -0.25) is 9.78 Å². The molecule has 0 aliphatic heterocycles. The number of nitrogens with one attached hydrogen (secondary N) is 1. The molecule has 2 aromatic rings. The lowest BCUT2D eigenvalue weighted by molar-refractivity contribution is -0.115. The summed E-state index contributed by atoms with van der Waals surface area (Å²) in [7, 11) is 3.98. The van der Waals surface area contributed by atoms with Gasteiger partial charge in [-0.25, -0.2) is 0 Å². The first-order valence-electron chi connectivity index (χ1n) is 8.02. The fourth-order valence-corrected chi connectivity index (χ4v) is 2.70. The largest absolute Gasteiger partial charge is 0.351 e. The Labute approximate surface area is 142 Å². The molecule has 1 heterocycles. The van der Waals surface area contributed by atoms with Gasteiger partial charge in [-0.05, 0) is 55.1 Å². The molecule has 0 atom stereocenters. The second-order valence-corrected chi connectivity index (χ2v) is 6.02. The van der Waals surface area contributed by atoms with Crippen LogP contribution >= 0.6 is 0 Å². The van der Waals surface area contributed by atoms with Crippen LogP contribution in [0.15, 0.2) is 54.7 Å². The molecule has 1 aliphatic carbocycles. The minimum absolute atomic E-state index is 0.0336. The van der Waals surface area contributed by atoms with E-state index in [1.165, 1.54) is 0 Å². The van der Waals surface area contributed by atoms with E-state index in [-0.39, 0.29) is 5.91 Å². The zero-order chi connectivity index (χ0) is 16.9. The zero-order valence-electron chi connectivity index (χ0n) is 14.0. The number of allylic oxidation sites excluding steroid dienone is 2. The van der Waals surface area contributed by atoms with E-state index in [0.29, 0.717) is 12.1 Å². The van der Waals surface area contributed by atoms with Crippen LogP contribution in [0.25, 0.3) is 17.2 Å². The average molecular weight is 319 g/mol. The molecule has 1 aromatic carbocycles. The molecule has 0 fully saturated rings. The zero-order valence-corrected chi connectivity index (χ0v) is 14.0. The number of carbonyl (C=O) groups excluding carboxylic acids is 1. The quantitative estimate of drug-likeness (QED) is 0.921. The molecule has 1 N–H and O–H groups in total. The van der Waals surface area contributed by atoms with Crippen LogP contribution < -0.4 is 5.32 Å². The van der Waals surface area contributed by atoms with Crippen LogP contribution in [0.4, 0.5) is 0 Å². The normalized spacial score (nSPS) is 14.6. The molecule has 0 saturated carbocycles. The predicted molar refractivity (Wildman–Crippen MR) is 98.1 cm³/mol. The standard InChI is InChI=1S/C20H21N3O/c1-23(2)12-11-22-20(24)19-14-15(13-16-7-5-6-10-21-16)17-8-3-4-9-18(17)19/h3-10,13-14H,11-12H2,1-2H3,(H,22,24)/b15-13-. The van der Waals surface area contributed by atoms with Gasteiger partial charge in [-0.2, -0.15) is 0 Å². The van der Waals surface area contributed by atoms with Crippen molar-refractivity contribution in [2.24, 2.45) is 0 Å². The first-order chi connectivity index (χ1) is 11.6. The summed E-state index contributed by atoms with van der Waals surface area (Å²) in [4.78, 5) is 18.9. The molecule has 122 valence electrons. The molecule has 4 nitrogen and oxygen atoms in total. The van der Waals surface area contributed by atoms with Gasteiger partial charge in [0.2, 0.25) is 0 Å². The number of fused-ring (bicyclic) bond motifs is 1. The highest BCUT2D eigenvalue weighted by Crippen LogP contribution is 2.36. The van der Waals surface area contributed by atoms with Gasteiger partial charge in [0.25, 0.3) is 5.91 Å². The van der Waals surface area contributed by atoms with Crippen LogP contribution in [0.5, 0.6) is 0 Å². The highest BCUT2D eigenvalue weighted by molar-refractivity contribution is 6.26. The van der Waals surface area contributed by atoms with E-state index in [1.54, 1.807) is 6.20 Å². The Morgan fingerprint density at radius 1 is 1.12 bits per heavy atom. The molecule has 0 unspecified atom stereocenters. The highest BCUT2D eigenvalue weighted by Gasteiger charge is 2.22. The third-order valence-corrected chi connectivity index (χ3v) is 3.91. The number of hydrogen-bond donors (Lipinski definition) is 1. The van der Waals surface area contributed by atoms with Crippen LogP contribution in [-0.4, -0.2) is 43.0 Å². The number of amides is 1. The van der Waals surface area contributed by atoms with Crippen LogP contribution in [0.1, 0.15) is 16.8 Å². The van der Waals surface area contributed by atoms with Crippen molar-refractivity contribution in [3.63, 3.8) is 0 Å². The first kappa shape index (κ1) is 16.1. The van der Waals surface area contributed by atoms with Crippen molar-refractivity contribution >= 4 is 23.1 Å². The number of benzene rings is 1. The summed E-state index contributed by atoms with van der Waals surface area (Å²) in [6.45, 7) is 1.45. The number of rotatable bonds is 5. The second-order valence-electron chi connectivity index (χ2n) is 6.02. The molecule has 0 bridgehead atoms. The Bertz CT molecular complexity index is 792. The number of likely N-dealkylation sites (N-methyl/N-ethyl adjacent to an activating group) is 1. The maximum absolute atomic E-state index is 12.5. The monoisotopic (exact) mass is 319 g/mol. The Morgan fingerprint density at radius 2 is 1.88 bits per heavy atom. The van der Waals surface area contributed by atoms with E-state index in [2.05, 4.69) is 10.3 Å². The molecule has 1 aromatic heterocycles. The van der Waals surface area contributed by atoms with Gasteiger partial charge >= 0.3 is 0 Å². The third-order valence-electron chi connectivity index (χ3n) is 3.91. The van der Waals surface area contributed by atoms with Crippen molar-refractivity contribution in [2.45, 2.75) is 0 Å². The molecule has 1 amide bonds. The summed E-state index contributed by atoms with van der Waals surface area (Å²) in [5.41, 5.74) is 4.66. The van der Waals surface area contributed by atoms with E-state index < -0.39 is 0 Å². The van der Waals surface area contributed by atoms with Crippen LogP contribution in [-0.2, 0) is 4.79 Å². The summed E-state index contributed by atoms with van der Waals surface area (Å²) in [6.07, 6.45) is 5.73. The van der Waals surface area contributed by atoms with Crippen molar-refractivity contribution in [2.75, 3.05) is 27.2 Å². The number of aromatic nitrogens is 1. The van der Waals surface area contributed by atoms with Crippen LogP contribution in [0.2, 0.25) is 0 Å². The lowest BCUT2D eigenvalue weighted by Gasteiger charge is -2.11. The van der Waals surface area contributed by atoms with Crippen LogP contribution in [0, 0.1) is 0 Å². The van der Waals surface area contributed by atoms with Crippen LogP contribution in [0.3, 0.4) is 0 Å². The van der Waals surface area contributed by atoms with Gasteiger partial charge in [0.15, 0.2) is 0 Å². The third kappa shape index (κ3) is 3.60.